The largest absolute Gasteiger partial charge is 0.481 e. The summed E-state index contributed by atoms with van der Waals surface area (Å²) in [6, 6.07) is 18.9. The number of Topliss-reactive ketones (excluding diaryl/α,β-unsaturated/α-hetero) is 1. The van der Waals surface area contributed by atoms with E-state index in [1.807, 2.05) is 6.92 Å². The summed E-state index contributed by atoms with van der Waals surface area (Å²) in [7, 11) is 0. The Hall–Kier alpha value is -7.27. The molecule has 2 atom stereocenters. The average molecular weight is 1110 g/mol. The quantitative estimate of drug-likeness (QED) is 0.0145. The second-order valence-corrected chi connectivity index (χ2v) is 18.3. The van der Waals surface area contributed by atoms with Gasteiger partial charge < -0.3 is 36.2 Å². The zero-order chi connectivity index (χ0) is 54.7. The molecule has 0 radical (unpaired) electrons. The van der Waals surface area contributed by atoms with Crippen LogP contribution in [-0.4, -0.2) is 89.2 Å². The number of nitrogens with zero attached hydrogens (tertiary/aromatic N) is 2. The molecule has 4 aliphatic rings. The van der Waals surface area contributed by atoms with Crippen molar-refractivity contribution in [1.82, 2.24) is 4.98 Å². The highest BCUT2D eigenvalue weighted by molar-refractivity contribution is 9.10. The molecular formula is C49H50BrClF4N4O14. The average Bonchev–Trinajstić information content (AvgIpc) is 3.30. The maximum absolute atomic E-state index is 14.2. The maximum Gasteiger partial charge on any atom is 0.417 e. The number of nitro groups is 1. The van der Waals surface area contributed by atoms with Gasteiger partial charge in [-0.1, -0.05) is 63.9 Å². The fourth-order valence-corrected chi connectivity index (χ4v) is 9.17. The molecule has 0 spiro atoms. The number of pyridine rings is 1. The molecule has 73 heavy (non-hydrogen) atoms. The number of aromatic nitrogens is 1. The lowest BCUT2D eigenvalue weighted by molar-refractivity contribution is -0.384. The highest BCUT2D eigenvalue weighted by Crippen LogP contribution is 2.63. The van der Waals surface area contributed by atoms with Gasteiger partial charge >= 0.3 is 41.7 Å². The van der Waals surface area contributed by atoms with Gasteiger partial charge in [-0.15, -0.1) is 0 Å². The first-order valence-electron chi connectivity index (χ1n) is 22.0. The van der Waals surface area contributed by atoms with Gasteiger partial charge in [0.05, 0.1) is 27.9 Å². The predicted octanol–water partition coefficient (Wildman–Crippen LogP) is 10.8. The molecule has 0 saturated heterocycles. The van der Waals surface area contributed by atoms with Crippen LogP contribution in [0.25, 0.3) is 0 Å². The molecule has 7 N–H and O–H groups in total. The Labute approximate surface area is 427 Å². The summed E-state index contributed by atoms with van der Waals surface area (Å²) in [5.41, 5.74) is -1.83. The molecule has 4 saturated carbocycles. The Morgan fingerprint density at radius 1 is 0.836 bits per heavy atom. The normalized spacial score (nSPS) is 18.8. The molecule has 18 nitrogen and oxygen atoms in total. The van der Waals surface area contributed by atoms with E-state index in [1.54, 1.807) is 42.5 Å². The number of nitrogens with one attached hydrogen (secondary N) is 2. The van der Waals surface area contributed by atoms with Crippen molar-refractivity contribution >= 4 is 86.3 Å². The fourth-order valence-electron chi connectivity index (χ4n) is 8.49. The van der Waals surface area contributed by atoms with Gasteiger partial charge in [0, 0.05) is 64.5 Å². The van der Waals surface area contributed by atoms with Gasteiger partial charge in [-0.3, -0.25) is 34.1 Å². The Morgan fingerprint density at radius 3 is 1.95 bits per heavy atom. The van der Waals surface area contributed by atoms with E-state index in [0.717, 1.165) is 55.2 Å². The smallest absolute Gasteiger partial charge is 0.417 e. The molecule has 4 bridgehead atoms. The van der Waals surface area contributed by atoms with Crippen molar-refractivity contribution in [2.75, 3.05) is 17.2 Å². The third-order valence-electron chi connectivity index (χ3n) is 11.3. The molecule has 2 unspecified atom stereocenters. The summed E-state index contributed by atoms with van der Waals surface area (Å²) < 4.78 is 51.4. The topological polar surface area (TPSA) is 301 Å². The molecule has 1 aromatic heterocycles. The van der Waals surface area contributed by atoms with Crippen molar-refractivity contribution in [1.29, 1.82) is 0 Å². The predicted molar refractivity (Wildman–Crippen MR) is 260 cm³/mol. The number of carboxylic acids is 5. The van der Waals surface area contributed by atoms with Gasteiger partial charge in [-0.05, 0) is 106 Å². The zero-order valence-corrected chi connectivity index (χ0v) is 41.1. The number of alkyl halides is 4. The third kappa shape index (κ3) is 19.7. The minimum Gasteiger partial charge on any atom is -0.481 e. The van der Waals surface area contributed by atoms with Gasteiger partial charge in [0.15, 0.2) is 5.78 Å². The third-order valence-corrected chi connectivity index (χ3v) is 12.4. The molecule has 1 heterocycles. The Bertz CT molecular complexity index is 2670. The number of carboxylic acid groups (broad SMARTS) is 5. The number of halogens is 6. The summed E-state index contributed by atoms with van der Waals surface area (Å²) >= 11 is 9.10. The van der Waals surface area contributed by atoms with Crippen LogP contribution in [0.5, 0.6) is 0 Å². The van der Waals surface area contributed by atoms with Gasteiger partial charge in [0.2, 0.25) is 11.7 Å². The van der Waals surface area contributed by atoms with Crippen molar-refractivity contribution in [3.63, 3.8) is 0 Å². The van der Waals surface area contributed by atoms with E-state index in [9.17, 15) is 66.3 Å². The molecule has 0 aliphatic heterocycles. The fraction of sp³-hybridized carbons (Fsp3) is 0.347. The molecule has 4 aliphatic carbocycles. The number of rotatable bonds is 15. The van der Waals surface area contributed by atoms with Gasteiger partial charge in [0.25, 0.3) is 0 Å². The van der Waals surface area contributed by atoms with Crippen LogP contribution in [0.15, 0.2) is 102 Å². The monoisotopic (exact) mass is 1110 g/mol. The van der Waals surface area contributed by atoms with Crippen LogP contribution >= 0.6 is 27.5 Å². The summed E-state index contributed by atoms with van der Waals surface area (Å²) in [5, 5.41) is 59.2. The zero-order valence-electron chi connectivity index (χ0n) is 38.7. The Balaban J connectivity index is 0.000000241. The first kappa shape index (κ1) is 60.0. The van der Waals surface area contributed by atoms with E-state index < -0.39 is 69.1 Å². The Morgan fingerprint density at radius 2 is 1.44 bits per heavy atom. The van der Waals surface area contributed by atoms with E-state index in [-0.39, 0.29) is 43.0 Å². The number of anilines is 2. The number of aryl methyl sites for hydroxylation is 1. The number of amides is 1. The minimum atomic E-state index is -4.62. The van der Waals surface area contributed by atoms with E-state index in [4.69, 9.17) is 32.0 Å². The van der Waals surface area contributed by atoms with Gasteiger partial charge in [-0.2, -0.15) is 13.2 Å². The molecule has 8 rings (SSSR count). The molecule has 392 valence electrons. The summed E-state index contributed by atoms with van der Waals surface area (Å²) in [4.78, 5) is 88.8. The van der Waals surface area contributed by atoms with Crippen molar-refractivity contribution < 1.29 is 81.6 Å². The van der Waals surface area contributed by atoms with Crippen LogP contribution in [0.4, 0.5) is 34.8 Å². The number of aromatic carboxylic acids is 1. The number of hydrogen-bond donors (Lipinski definition) is 7. The van der Waals surface area contributed by atoms with Crippen molar-refractivity contribution in [2.45, 2.75) is 83.0 Å². The van der Waals surface area contributed by atoms with Crippen LogP contribution in [0.2, 0.25) is 5.02 Å². The Kier molecular flexibility index (Phi) is 22.6. The summed E-state index contributed by atoms with van der Waals surface area (Å²) in [5.74, 6) is -5.16. The second kappa shape index (κ2) is 27.5. The van der Waals surface area contributed by atoms with E-state index >= 15 is 0 Å². The highest BCUT2D eigenvalue weighted by Gasteiger charge is 2.61. The molecule has 24 heteroatoms. The molecule has 1 amide bonds. The standard InChI is InChI=1S/C11H10ClNO3.C11H15FO2.C10H9BrO3.C9H11N3O4.C8H5F3O2/c1-7-2-3-8(6-9(7)12)13-10(14)4-5-11(15)16;12-11-4-7-1-8(5-11)3-10(2-7,6-11)9(13)14;11-8-4-2-1-3-7(8)9(12)5-6-10(13)14;13-8(14)4-2-6-11-9-7(12(15)16)3-1-5-10-9;9-8(10,11)6-4-2-1-3-5(6)7(12)13/h2-6H,1H3,(H,13,14)(H,15,16);7-8H,1-6H2,(H,13,14);1-4H,5-6H2,(H,13,14);1,3,5H,2,4,6H2,(H,10,11)(H,13,14);1-4H,(H,12,13)/b5-4-;;;;. The first-order chi connectivity index (χ1) is 34.1. The van der Waals surface area contributed by atoms with E-state index in [0.29, 0.717) is 58.4 Å². The van der Waals surface area contributed by atoms with Crippen LogP contribution in [0.1, 0.15) is 96.1 Å². The maximum atomic E-state index is 14.2. The summed E-state index contributed by atoms with van der Waals surface area (Å²) in [6.07, 6.45) is 2.91. The number of benzene rings is 3. The number of carbonyl (C=O) groups is 7. The number of carbonyl (C=O) groups excluding carboxylic acids is 2. The second-order valence-electron chi connectivity index (χ2n) is 17.0. The number of aliphatic carboxylic acids is 4. The lowest BCUT2D eigenvalue weighted by Gasteiger charge is -2.57. The number of ketones is 1. The number of hydrogen-bond acceptors (Lipinski definition) is 11. The van der Waals surface area contributed by atoms with Crippen molar-refractivity contribution in [2.24, 2.45) is 17.3 Å². The SMILES string of the molecule is Cc1ccc(NC(=O)/C=C\C(=O)O)cc1Cl.O=C(O)C12CC3CC(CC(F)(C3)C1)C2.O=C(O)CCC(=O)c1ccccc1Br.O=C(O)CCCNc1ncccc1[N+](=O)[O-].O=C(O)c1ccccc1C(F)(F)F. The van der Waals surface area contributed by atoms with Crippen LogP contribution < -0.4 is 10.6 Å². The van der Waals surface area contributed by atoms with Crippen molar-refractivity contribution in [3.8, 4) is 0 Å². The molecule has 4 aromatic rings. The minimum absolute atomic E-state index is 0.0215. The van der Waals surface area contributed by atoms with Gasteiger partial charge in [0.1, 0.15) is 5.67 Å². The lowest BCUT2D eigenvalue weighted by Crippen LogP contribution is -2.56. The first-order valence-corrected chi connectivity index (χ1v) is 23.2. The van der Waals surface area contributed by atoms with Crippen LogP contribution in [0.3, 0.4) is 0 Å². The van der Waals surface area contributed by atoms with Crippen LogP contribution in [-0.2, 0) is 30.1 Å². The summed E-state index contributed by atoms with van der Waals surface area (Å²) in [6.45, 7) is 2.18. The lowest BCUT2D eigenvalue weighted by atomic mass is 9.48. The molecule has 4 fully saturated rings. The van der Waals surface area contributed by atoms with E-state index in [2.05, 4.69) is 31.5 Å². The van der Waals surface area contributed by atoms with Crippen molar-refractivity contribution in [3.05, 3.63) is 139 Å². The molecule has 3 aromatic carbocycles. The molecular weight excluding hydrogens is 1060 g/mol. The van der Waals surface area contributed by atoms with Crippen LogP contribution in [0, 0.1) is 34.3 Å². The highest BCUT2D eigenvalue weighted by atomic mass is 79.9. The van der Waals surface area contributed by atoms with E-state index in [1.165, 1.54) is 24.4 Å². The van der Waals surface area contributed by atoms with Gasteiger partial charge in [-0.25, -0.2) is 19.0 Å².